The molecule has 0 radical (unpaired) electrons. The molecule has 3 rings (SSSR count). The molecule has 6 nitrogen and oxygen atoms in total. The largest absolute Gasteiger partial charge is 0.282 e. The number of rotatable bonds is 6. The molecule has 29 heavy (non-hydrogen) atoms. The quantitative estimate of drug-likeness (QED) is 0.698. The summed E-state index contributed by atoms with van der Waals surface area (Å²) in [4.78, 5) is 1.97. The van der Waals surface area contributed by atoms with Gasteiger partial charge in [0.1, 0.15) is 11.9 Å². The fourth-order valence-corrected chi connectivity index (χ4v) is 4.91. The van der Waals surface area contributed by atoms with E-state index in [4.69, 9.17) is 11.6 Å². The van der Waals surface area contributed by atoms with Crippen LogP contribution in [-0.4, -0.2) is 55.2 Å². The molecule has 2 aromatic rings. The van der Waals surface area contributed by atoms with E-state index in [1.54, 1.807) is 0 Å². The van der Waals surface area contributed by atoms with Gasteiger partial charge < -0.3 is 0 Å². The van der Waals surface area contributed by atoms with Crippen molar-refractivity contribution in [1.82, 2.24) is 13.5 Å². The van der Waals surface area contributed by atoms with Gasteiger partial charge >= 0.3 is 0 Å². The summed E-state index contributed by atoms with van der Waals surface area (Å²) in [6.45, 7) is 1.21. The average Bonchev–Trinajstić information content (AvgIpc) is 2.72. The average molecular weight is 437 g/mol. The van der Waals surface area contributed by atoms with Crippen molar-refractivity contribution in [2.24, 2.45) is 0 Å². The first kappa shape index (κ1) is 21.7. The van der Waals surface area contributed by atoms with Gasteiger partial charge in [-0.05, 0) is 17.7 Å². The zero-order valence-electron chi connectivity index (χ0n) is 16.0. The first-order chi connectivity index (χ1) is 13.8. The summed E-state index contributed by atoms with van der Waals surface area (Å²) >= 11 is 6.03. The zero-order valence-corrected chi connectivity index (χ0v) is 17.6. The highest BCUT2D eigenvalue weighted by Crippen LogP contribution is 2.25. The molecule has 1 unspecified atom stereocenters. The second-order valence-electron chi connectivity index (χ2n) is 6.84. The lowest BCUT2D eigenvalue weighted by molar-refractivity contribution is 0.158. The summed E-state index contributed by atoms with van der Waals surface area (Å²) < 4.78 is 42.3. The van der Waals surface area contributed by atoms with E-state index >= 15 is 0 Å². The Kier molecular flexibility index (Phi) is 6.88. The third-order valence-corrected chi connectivity index (χ3v) is 7.33. The lowest BCUT2D eigenvalue weighted by atomic mass is 10.1. The summed E-state index contributed by atoms with van der Waals surface area (Å²) in [7, 11) is -2.37. The Morgan fingerprint density at radius 2 is 1.79 bits per heavy atom. The Bertz CT molecular complexity index is 969. The number of benzene rings is 2. The van der Waals surface area contributed by atoms with Crippen LogP contribution in [0.25, 0.3) is 0 Å². The molecule has 1 aliphatic heterocycles. The van der Waals surface area contributed by atoms with Gasteiger partial charge in [-0.3, -0.25) is 4.90 Å². The Balaban J connectivity index is 1.67. The molecule has 1 heterocycles. The molecule has 1 aliphatic rings. The second kappa shape index (κ2) is 9.20. The van der Waals surface area contributed by atoms with Crippen LogP contribution in [0, 0.1) is 17.1 Å². The number of nitriles is 1. The van der Waals surface area contributed by atoms with E-state index < -0.39 is 22.1 Å². The zero-order chi connectivity index (χ0) is 21.0. The summed E-state index contributed by atoms with van der Waals surface area (Å²) in [6.07, 6.45) is 0. The summed E-state index contributed by atoms with van der Waals surface area (Å²) in [5.74, 6) is -0.538. The standard InChI is InChI=1S/C20H22ClFN4O2S/c1-24(15-17-18(21)8-5-9-19(17)22)29(27,28)26-12-10-25(11-13-26)20(14-23)16-6-3-2-4-7-16/h2-9,20H,10-13,15H2,1H3. The molecule has 0 amide bonds. The minimum atomic E-state index is -3.78. The number of piperazine rings is 1. The van der Waals surface area contributed by atoms with E-state index in [9.17, 15) is 18.1 Å². The van der Waals surface area contributed by atoms with Crippen LogP contribution in [0.5, 0.6) is 0 Å². The fraction of sp³-hybridized carbons (Fsp3) is 0.350. The van der Waals surface area contributed by atoms with Crippen molar-refractivity contribution < 1.29 is 12.8 Å². The van der Waals surface area contributed by atoms with Crippen LogP contribution in [0.3, 0.4) is 0 Å². The maximum Gasteiger partial charge on any atom is 0.282 e. The van der Waals surface area contributed by atoms with Gasteiger partial charge in [-0.25, -0.2) is 4.39 Å². The van der Waals surface area contributed by atoms with Crippen molar-refractivity contribution >= 4 is 21.8 Å². The lowest BCUT2D eigenvalue weighted by Gasteiger charge is -2.37. The number of nitrogens with zero attached hydrogens (tertiary/aromatic N) is 4. The Morgan fingerprint density at radius 1 is 1.14 bits per heavy atom. The Hall–Kier alpha value is -2.02. The minimum absolute atomic E-state index is 0.146. The van der Waals surface area contributed by atoms with E-state index in [0.717, 1.165) is 9.87 Å². The molecule has 1 fully saturated rings. The summed E-state index contributed by atoms with van der Waals surface area (Å²) in [5.41, 5.74) is 1.03. The molecule has 154 valence electrons. The molecule has 0 N–H and O–H groups in total. The fourth-order valence-electron chi connectivity index (χ4n) is 3.38. The van der Waals surface area contributed by atoms with Crippen molar-refractivity contribution in [2.75, 3.05) is 33.2 Å². The molecule has 0 aromatic heterocycles. The predicted molar refractivity (Wildman–Crippen MR) is 110 cm³/mol. The summed E-state index contributed by atoms with van der Waals surface area (Å²) in [5, 5.41) is 9.77. The van der Waals surface area contributed by atoms with E-state index in [-0.39, 0.29) is 30.2 Å². The van der Waals surface area contributed by atoms with Crippen LogP contribution in [-0.2, 0) is 16.8 Å². The number of halogens is 2. The maximum absolute atomic E-state index is 14.0. The highest BCUT2D eigenvalue weighted by molar-refractivity contribution is 7.86. The number of hydrogen-bond donors (Lipinski definition) is 0. The maximum atomic E-state index is 14.0. The normalized spacial score (nSPS) is 17.2. The molecule has 2 aromatic carbocycles. The van der Waals surface area contributed by atoms with E-state index in [2.05, 4.69) is 6.07 Å². The second-order valence-corrected chi connectivity index (χ2v) is 9.28. The van der Waals surface area contributed by atoms with Gasteiger partial charge in [-0.1, -0.05) is 48.0 Å². The van der Waals surface area contributed by atoms with Crippen LogP contribution in [0.4, 0.5) is 4.39 Å². The third-order valence-electron chi connectivity index (χ3n) is 5.04. The van der Waals surface area contributed by atoms with Crippen LogP contribution < -0.4 is 0 Å². The topological polar surface area (TPSA) is 67.7 Å². The van der Waals surface area contributed by atoms with Crippen molar-refractivity contribution in [1.29, 1.82) is 5.26 Å². The monoisotopic (exact) mass is 436 g/mol. The predicted octanol–water partition coefficient (Wildman–Crippen LogP) is 3.04. The van der Waals surface area contributed by atoms with Gasteiger partial charge in [0.25, 0.3) is 10.2 Å². The van der Waals surface area contributed by atoms with Gasteiger partial charge in [0.15, 0.2) is 0 Å². The van der Waals surface area contributed by atoms with Gasteiger partial charge in [0.2, 0.25) is 0 Å². The minimum Gasteiger partial charge on any atom is -0.282 e. The molecular weight excluding hydrogens is 415 g/mol. The van der Waals surface area contributed by atoms with Crippen molar-refractivity contribution in [3.05, 3.63) is 70.5 Å². The van der Waals surface area contributed by atoms with Crippen molar-refractivity contribution in [2.45, 2.75) is 12.6 Å². The highest BCUT2D eigenvalue weighted by Gasteiger charge is 2.33. The molecule has 0 saturated carbocycles. The summed E-state index contributed by atoms with van der Waals surface area (Å²) in [6, 6.07) is 15.6. The van der Waals surface area contributed by atoms with Crippen LogP contribution in [0.1, 0.15) is 17.2 Å². The highest BCUT2D eigenvalue weighted by atomic mass is 35.5. The number of hydrogen-bond acceptors (Lipinski definition) is 4. The molecule has 1 saturated heterocycles. The van der Waals surface area contributed by atoms with Crippen molar-refractivity contribution in [3.8, 4) is 6.07 Å². The lowest BCUT2D eigenvalue weighted by Crippen LogP contribution is -2.52. The van der Waals surface area contributed by atoms with Gasteiger partial charge in [-0.15, -0.1) is 0 Å². The van der Waals surface area contributed by atoms with Crippen molar-refractivity contribution in [3.63, 3.8) is 0 Å². The first-order valence-corrected chi connectivity index (χ1v) is 10.9. The Labute approximate surface area is 175 Å². The van der Waals surface area contributed by atoms with Crippen LogP contribution in [0.2, 0.25) is 5.02 Å². The van der Waals surface area contributed by atoms with E-state index in [1.807, 2.05) is 35.2 Å². The van der Waals surface area contributed by atoms with Gasteiger partial charge in [-0.2, -0.15) is 22.3 Å². The van der Waals surface area contributed by atoms with E-state index in [0.29, 0.717) is 13.1 Å². The molecule has 9 heteroatoms. The molecule has 0 bridgehead atoms. The molecule has 0 aliphatic carbocycles. The molecular formula is C20H22ClFN4O2S. The SMILES string of the molecule is CN(Cc1c(F)cccc1Cl)S(=O)(=O)N1CCN(C(C#N)c2ccccc2)CC1. The van der Waals surface area contributed by atoms with E-state index in [1.165, 1.54) is 29.6 Å². The van der Waals surface area contributed by atoms with Crippen LogP contribution in [0.15, 0.2) is 48.5 Å². The van der Waals surface area contributed by atoms with Gasteiger partial charge in [0, 0.05) is 50.4 Å². The van der Waals surface area contributed by atoms with Crippen LogP contribution >= 0.6 is 11.6 Å². The third kappa shape index (κ3) is 4.77. The first-order valence-electron chi connectivity index (χ1n) is 9.17. The molecule has 0 spiro atoms. The Morgan fingerprint density at radius 3 is 2.38 bits per heavy atom. The smallest absolute Gasteiger partial charge is 0.282 e. The molecule has 1 atom stereocenters. The van der Waals surface area contributed by atoms with Gasteiger partial charge in [0.05, 0.1) is 6.07 Å².